The molecule has 2 saturated heterocycles. The average Bonchev–Trinajstić information content (AvgIpc) is 2.67. The number of carbonyl (C=O) groups is 2. The van der Waals surface area contributed by atoms with Crippen molar-refractivity contribution in [1.82, 2.24) is 15.5 Å². The van der Waals surface area contributed by atoms with Crippen molar-refractivity contribution in [2.45, 2.75) is 32.6 Å². The quantitative estimate of drug-likeness (QED) is 0.879. The molecule has 0 spiro atoms. The molecule has 0 bridgehead atoms. The molecule has 0 atom stereocenters. The van der Waals surface area contributed by atoms with E-state index in [1.54, 1.807) is 0 Å². The molecule has 1 aromatic rings. The lowest BCUT2D eigenvalue weighted by molar-refractivity contribution is -0.126. The van der Waals surface area contributed by atoms with E-state index in [1.165, 1.54) is 0 Å². The summed E-state index contributed by atoms with van der Waals surface area (Å²) in [5, 5.41) is 6.54. The van der Waals surface area contributed by atoms with Crippen LogP contribution in [-0.2, 0) is 4.79 Å². The molecule has 0 aromatic heterocycles. The van der Waals surface area contributed by atoms with E-state index in [0.717, 1.165) is 50.9 Å². The van der Waals surface area contributed by atoms with Gasteiger partial charge < -0.3 is 15.5 Å². The number of likely N-dealkylation sites (tertiary alicyclic amines) is 1. The molecule has 2 amide bonds. The largest absolute Gasteiger partial charge is 0.355 e. The highest BCUT2D eigenvalue weighted by atomic mass is 16.2. The van der Waals surface area contributed by atoms with E-state index >= 15 is 0 Å². The van der Waals surface area contributed by atoms with Gasteiger partial charge in [0.1, 0.15) is 0 Å². The zero-order valence-electron chi connectivity index (χ0n) is 15.1. The lowest BCUT2D eigenvalue weighted by Crippen LogP contribution is -2.47. The Morgan fingerprint density at radius 3 is 2.44 bits per heavy atom. The van der Waals surface area contributed by atoms with Gasteiger partial charge in [-0.25, -0.2) is 0 Å². The number of carbonyl (C=O) groups excluding carboxylic acids is 2. The average molecular weight is 343 g/mol. The van der Waals surface area contributed by atoms with Crippen LogP contribution >= 0.6 is 0 Å². The Bertz CT molecular complexity index is 588. The van der Waals surface area contributed by atoms with Crippen LogP contribution in [0.5, 0.6) is 0 Å². The molecule has 0 aliphatic carbocycles. The maximum Gasteiger partial charge on any atom is 0.253 e. The van der Waals surface area contributed by atoms with E-state index in [1.807, 2.05) is 35.2 Å². The predicted molar refractivity (Wildman–Crippen MR) is 98.3 cm³/mol. The summed E-state index contributed by atoms with van der Waals surface area (Å²) < 4.78 is 0. The normalized spacial score (nSPS) is 20.9. The number of rotatable bonds is 4. The fraction of sp³-hybridized carbons (Fsp3) is 0.600. The number of hydrogen-bond donors (Lipinski definition) is 2. The van der Waals surface area contributed by atoms with Gasteiger partial charge in [-0.05, 0) is 56.3 Å². The Morgan fingerprint density at radius 1 is 1.16 bits per heavy atom. The highest BCUT2D eigenvalue weighted by Crippen LogP contribution is 2.27. The van der Waals surface area contributed by atoms with Gasteiger partial charge in [-0.1, -0.05) is 25.1 Å². The third kappa shape index (κ3) is 4.60. The molecule has 25 heavy (non-hydrogen) atoms. The third-order valence-corrected chi connectivity index (χ3v) is 5.67. The second kappa shape index (κ2) is 8.00. The van der Waals surface area contributed by atoms with Crippen LogP contribution in [0.15, 0.2) is 30.3 Å². The topological polar surface area (TPSA) is 61.4 Å². The summed E-state index contributed by atoms with van der Waals surface area (Å²) in [5.41, 5.74) is 0.939. The van der Waals surface area contributed by atoms with Crippen molar-refractivity contribution in [2.24, 2.45) is 11.3 Å². The van der Waals surface area contributed by atoms with Gasteiger partial charge >= 0.3 is 0 Å². The number of piperidine rings is 2. The molecule has 2 aliphatic rings. The molecular formula is C20H29N3O2. The Morgan fingerprint density at radius 2 is 1.80 bits per heavy atom. The highest BCUT2D eigenvalue weighted by molar-refractivity contribution is 5.94. The molecule has 2 fully saturated rings. The molecule has 5 nitrogen and oxygen atoms in total. The van der Waals surface area contributed by atoms with Gasteiger partial charge in [-0.15, -0.1) is 0 Å². The fourth-order valence-corrected chi connectivity index (χ4v) is 3.76. The first kappa shape index (κ1) is 17.9. The highest BCUT2D eigenvalue weighted by Gasteiger charge is 2.31. The Kier molecular flexibility index (Phi) is 5.74. The van der Waals surface area contributed by atoms with Crippen molar-refractivity contribution in [2.75, 3.05) is 32.7 Å². The molecule has 5 heteroatoms. The zero-order valence-corrected chi connectivity index (χ0v) is 15.1. The molecular weight excluding hydrogens is 314 g/mol. The van der Waals surface area contributed by atoms with E-state index in [-0.39, 0.29) is 23.1 Å². The van der Waals surface area contributed by atoms with E-state index < -0.39 is 0 Å². The zero-order chi connectivity index (χ0) is 17.7. The molecule has 2 N–H and O–H groups in total. The van der Waals surface area contributed by atoms with E-state index in [2.05, 4.69) is 17.6 Å². The Hall–Kier alpha value is -1.88. The first-order valence-corrected chi connectivity index (χ1v) is 9.40. The van der Waals surface area contributed by atoms with Crippen molar-refractivity contribution in [3.8, 4) is 0 Å². The first-order chi connectivity index (χ1) is 12.1. The number of nitrogens with one attached hydrogen (secondary N) is 2. The Labute approximate surface area is 150 Å². The molecule has 136 valence electrons. The maximum atomic E-state index is 12.5. The number of nitrogens with zero attached hydrogens (tertiary/aromatic N) is 1. The third-order valence-electron chi connectivity index (χ3n) is 5.67. The lowest BCUT2D eigenvalue weighted by Gasteiger charge is -2.35. The van der Waals surface area contributed by atoms with Crippen LogP contribution in [0.25, 0.3) is 0 Å². The van der Waals surface area contributed by atoms with Gasteiger partial charge in [-0.3, -0.25) is 9.59 Å². The minimum absolute atomic E-state index is 0.0325. The molecule has 3 rings (SSSR count). The molecule has 2 aliphatic heterocycles. The van der Waals surface area contributed by atoms with Crippen molar-refractivity contribution in [3.05, 3.63) is 35.9 Å². The summed E-state index contributed by atoms with van der Waals surface area (Å²) in [4.78, 5) is 26.8. The second-order valence-electron chi connectivity index (χ2n) is 7.71. The molecule has 0 saturated carbocycles. The smallest absolute Gasteiger partial charge is 0.253 e. The number of hydrogen-bond acceptors (Lipinski definition) is 3. The van der Waals surface area contributed by atoms with Crippen LogP contribution in [0.4, 0.5) is 0 Å². The van der Waals surface area contributed by atoms with Crippen molar-refractivity contribution in [1.29, 1.82) is 0 Å². The summed E-state index contributed by atoms with van der Waals surface area (Å²) in [6.07, 6.45) is 3.72. The first-order valence-electron chi connectivity index (χ1n) is 9.40. The summed E-state index contributed by atoms with van der Waals surface area (Å²) in [6.45, 7) is 6.41. The second-order valence-corrected chi connectivity index (χ2v) is 7.71. The van der Waals surface area contributed by atoms with Crippen molar-refractivity contribution in [3.63, 3.8) is 0 Å². The molecule has 2 heterocycles. The van der Waals surface area contributed by atoms with Gasteiger partial charge in [0, 0.05) is 31.1 Å². The Balaban J connectivity index is 1.45. The SMILES string of the molecule is CC1(CNC(=O)C2CCN(C(=O)c3ccccc3)CC2)CCNCC1. The summed E-state index contributed by atoms with van der Waals surface area (Å²) in [7, 11) is 0. The maximum absolute atomic E-state index is 12.5. The van der Waals surface area contributed by atoms with Crippen LogP contribution in [-0.4, -0.2) is 49.4 Å². The lowest BCUT2D eigenvalue weighted by atomic mass is 9.81. The standard InChI is InChI=1S/C20H29N3O2/c1-20(9-11-21-12-10-20)15-22-18(24)16-7-13-23(14-8-16)19(25)17-5-3-2-4-6-17/h2-6,16,21H,7-15H2,1H3,(H,22,24). The molecule has 0 unspecified atom stereocenters. The van der Waals surface area contributed by atoms with Gasteiger partial charge in [-0.2, -0.15) is 0 Å². The van der Waals surface area contributed by atoms with E-state index in [4.69, 9.17) is 0 Å². The van der Waals surface area contributed by atoms with Crippen LogP contribution in [0.3, 0.4) is 0 Å². The summed E-state index contributed by atoms with van der Waals surface area (Å²) in [5.74, 6) is 0.262. The van der Waals surface area contributed by atoms with E-state index in [9.17, 15) is 9.59 Å². The van der Waals surface area contributed by atoms with Crippen molar-refractivity contribution < 1.29 is 9.59 Å². The van der Waals surface area contributed by atoms with Gasteiger partial charge in [0.2, 0.25) is 5.91 Å². The van der Waals surface area contributed by atoms with E-state index in [0.29, 0.717) is 13.1 Å². The van der Waals surface area contributed by atoms with Gasteiger partial charge in [0.15, 0.2) is 0 Å². The van der Waals surface area contributed by atoms with Crippen molar-refractivity contribution >= 4 is 11.8 Å². The van der Waals surface area contributed by atoms with Crippen LogP contribution in [0.1, 0.15) is 43.0 Å². The van der Waals surface area contributed by atoms with Gasteiger partial charge in [0.25, 0.3) is 5.91 Å². The van der Waals surface area contributed by atoms with Gasteiger partial charge in [0.05, 0.1) is 0 Å². The summed E-state index contributed by atoms with van der Waals surface area (Å²) >= 11 is 0. The molecule has 0 radical (unpaired) electrons. The number of benzene rings is 1. The fourth-order valence-electron chi connectivity index (χ4n) is 3.76. The van der Waals surface area contributed by atoms with Crippen LogP contribution in [0.2, 0.25) is 0 Å². The number of amides is 2. The minimum Gasteiger partial charge on any atom is -0.355 e. The summed E-state index contributed by atoms with van der Waals surface area (Å²) in [6, 6.07) is 9.38. The molecule has 1 aromatic carbocycles. The van der Waals surface area contributed by atoms with Crippen LogP contribution < -0.4 is 10.6 Å². The minimum atomic E-state index is 0.0325. The predicted octanol–water partition coefficient (Wildman–Crippen LogP) is 2.04. The monoisotopic (exact) mass is 343 g/mol. The van der Waals surface area contributed by atoms with Crippen LogP contribution in [0, 0.1) is 11.3 Å².